The normalized spacial score (nSPS) is 14.5. The molecule has 0 aliphatic rings. The Labute approximate surface area is 76.7 Å². The molecule has 0 aliphatic heterocycles. The maximum Gasteiger partial charge on any atom is 0.0742 e. The van der Waals surface area contributed by atoms with Gasteiger partial charge in [0, 0.05) is 5.38 Å². The Morgan fingerprint density at radius 2 is 1.55 bits per heavy atom. The van der Waals surface area contributed by atoms with E-state index >= 15 is 0 Å². The van der Waals surface area contributed by atoms with Gasteiger partial charge in [-0.05, 0) is 20.8 Å². The van der Waals surface area contributed by atoms with Crippen LogP contribution >= 0.6 is 11.6 Å². The summed E-state index contributed by atoms with van der Waals surface area (Å²) in [6.07, 6.45) is 0. The topological polar surface area (TPSA) is 0 Å². The molecule has 0 aromatic carbocycles. The first-order chi connectivity index (χ1) is 4.76. The van der Waals surface area contributed by atoms with E-state index in [1.165, 1.54) is 10.8 Å². The molecule has 0 radical (unpaired) electrons. The summed E-state index contributed by atoms with van der Waals surface area (Å²) in [7, 11) is -1.17. The van der Waals surface area contributed by atoms with Crippen molar-refractivity contribution >= 4 is 19.7 Å². The number of halogens is 1. The lowest BCUT2D eigenvalue weighted by molar-refractivity contribution is 1.12. The first kappa shape index (κ1) is 11.2. The lowest BCUT2D eigenvalue weighted by Gasteiger charge is -2.25. The molecule has 0 aromatic heterocycles. The fraction of sp³-hybridized carbons (Fsp3) is 0.778. The van der Waals surface area contributed by atoms with Crippen molar-refractivity contribution in [2.75, 3.05) is 0 Å². The molecule has 0 nitrogen and oxygen atoms in total. The lowest BCUT2D eigenvalue weighted by atomic mass is 10.3. The zero-order valence-electron chi connectivity index (χ0n) is 8.46. The molecule has 1 atom stereocenters. The second-order valence-corrected chi connectivity index (χ2v) is 9.97. The highest BCUT2D eigenvalue weighted by molar-refractivity contribution is 6.84. The van der Waals surface area contributed by atoms with Gasteiger partial charge in [0.2, 0.25) is 0 Å². The van der Waals surface area contributed by atoms with Crippen LogP contribution in [0.1, 0.15) is 20.8 Å². The fourth-order valence-corrected chi connectivity index (χ4v) is 5.64. The zero-order valence-corrected chi connectivity index (χ0v) is 10.2. The number of rotatable bonds is 2. The molecule has 11 heavy (non-hydrogen) atoms. The Morgan fingerprint density at radius 1 is 1.18 bits per heavy atom. The Balaban J connectivity index is 4.80. The predicted octanol–water partition coefficient (Wildman–Crippen LogP) is 3.83. The van der Waals surface area contributed by atoms with Crippen LogP contribution < -0.4 is 0 Å². The largest absolute Gasteiger partial charge is 0.119 e. The highest BCUT2D eigenvalue weighted by atomic mass is 35.5. The molecular weight excluding hydrogens is 172 g/mol. The average Bonchev–Trinajstić information content (AvgIpc) is 1.54. The second kappa shape index (κ2) is 3.77. The van der Waals surface area contributed by atoms with E-state index in [2.05, 4.69) is 40.4 Å². The van der Waals surface area contributed by atoms with Crippen LogP contribution in [0.15, 0.2) is 10.8 Å². The molecule has 0 spiro atoms. The summed E-state index contributed by atoms with van der Waals surface area (Å²) in [5, 5.41) is 1.71. The van der Waals surface area contributed by atoms with Crippen molar-refractivity contribution in [2.24, 2.45) is 0 Å². The summed E-state index contributed by atoms with van der Waals surface area (Å²) in [5.41, 5.74) is 1.41. The van der Waals surface area contributed by atoms with E-state index in [4.69, 9.17) is 11.6 Å². The minimum absolute atomic E-state index is 0.215. The van der Waals surface area contributed by atoms with E-state index < -0.39 is 8.07 Å². The van der Waals surface area contributed by atoms with Crippen LogP contribution in [0.2, 0.25) is 19.6 Å². The minimum atomic E-state index is -1.17. The molecule has 0 rings (SSSR count). The van der Waals surface area contributed by atoms with Crippen molar-refractivity contribution in [3.05, 3.63) is 10.8 Å². The number of allylic oxidation sites excluding steroid dienone is 2. The Morgan fingerprint density at radius 3 is 1.55 bits per heavy atom. The van der Waals surface area contributed by atoms with Crippen LogP contribution in [-0.2, 0) is 0 Å². The van der Waals surface area contributed by atoms with E-state index in [1.807, 2.05) is 0 Å². The van der Waals surface area contributed by atoms with Crippen molar-refractivity contribution < 1.29 is 0 Å². The van der Waals surface area contributed by atoms with Gasteiger partial charge < -0.3 is 0 Å². The van der Waals surface area contributed by atoms with Crippen molar-refractivity contribution in [3.63, 3.8) is 0 Å². The van der Waals surface area contributed by atoms with Gasteiger partial charge in [0.15, 0.2) is 0 Å². The summed E-state index contributed by atoms with van der Waals surface area (Å²) in [6, 6.07) is 0. The second-order valence-electron chi connectivity index (χ2n) is 4.28. The number of hydrogen-bond acceptors (Lipinski definition) is 0. The van der Waals surface area contributed by atoms with E-state index in [9.17, 15) is 0 Å². The molecule has 0 aromatic rings. The SMILES string of the molecule is CC(C)=C(C(C)Cl)[Si](C)(C)C. The fourth-order valence-electron chi connectivity index (χ4n) is 1.74. The van der Waals surface area contributed by atoms with Gasteiger partial charge in [-0.2, -0.15) is 0 Å². The number of alkyl halides is 1. The summed E-state index contributed by atoms with van der Waals surface area (Å²) in [6.45, 7) is 13.4. The first-order valence-corrected chi connectivity index (χ1v) is 8.02. The van der Waals surface area contributed by atoms with Crippen LogP contribution in [0, 0.1) is 0 Å². The molecule has 0 bridgehead atoms. The minimum Gasteiger partial charge on any atom is -0.119 e. The monoisotopic (exact) mass is 190 g/mol. The quantitative estimate of drug-likeness (QED) is 0.459. The number of hydrogen-bond donors (Lipinski definition) is 0. The molecule has 0 heterocycles. The maximum atomic E-state index is 6.10. The molecule has 0 fully saturated rings. The zero-order chi connectivity index (χ0) is 9.23. The summed E-state index contributed by atoms with van der Waals surface area (Å²) in [4.78, 5) is 0. The Kier molecular flexibility index (Phi) is 3.85. The van der Waals surface area contributed by atoms with Crippen LogP contribution in [-0.4, -0.2) is 13.5 Å². The van der Waals surface area contributed by atoms with Gasteiger partial charge in [0.05, 0.1) is 8.07 Å². The summed E-state index contributed by atoms with van der Waals surface area (Å²) in [5.74, 6) is 0. The third kappa shape index (κ3) is 3.43. The third-order valence-corrected chi connectivity index (χ3v) is 4.69. The Hall–Kier alpha value is 0.247. The molecule has 0 amide bonds. The predicted molar refractivity (Wildman–Crippen MR) is 57.0 cm³/mol. The first-order valence-electron chi connectivity index (χ1n) is 4.08. The highest BCUT2D eigenvalue weighted by Gasteiger charge is 2.23. The van der Waals surface area contributed by atoms with E-state index in [1.54, 1.807) is 0 Å². The van der Waals surface area contributed by atoms with Gasteiger partial charge in [-0.15, -0.1) is 11.6 Å². The highest BCUT2D eigenvalue weighted by Crippen LogP contribution is 2.24. The van der Waals surface area contributed by atoms with Gasteiger partial charge in [-0.25, -0.2) is 0 Å². The van der Waals surface area contributed by atoms with Crippen molar-refractivity contribution in [3.8, 4) is 0 Å². The van der Waals surface area contributed by atoms with Gasteiger partial charge in [0.1, 0.15) is 0 Å². The molecule has 0 N–H and O–H groups in total. The van der Waals surface area contributed by atoms with Gasteiger partial charge in [-0.3, -0.25) is 0 Å². The van der Waals surface area contributed by atoms with Crippen molar-refractivity contribution in [2.45, 2.75) is 45.8 Å². The molecule has 2 heteroatoms. The van der Waals surface area contributed by atoms with Gasteiger partial charge >= 0.3 is 0 Å². The van der Waals surface area contributed by atoms with Crippen LogP contribution in [0.5, 0.6) is 0 Å². The van der Waals surface area contributed by atoms with E-state index in [0.29, 0.717) is 0 Å². The molecular formula is C9H19ClSi. The van der Waals surface area contributed by atoms with Gasteiger partial charge in [0.25, 0.3) is 0 Å². The molecule has 0 saturated carbocycles. The molecule has 1 unspecified atom stereocenters. The maximum absolute atomic E-state index is 6.10. The van der Waals surface area contributed by atoms with E-state index in [-0.39, 0.29) is 5.38 Å². The van der Waals surface area contributed by atoms with Crippen molar-refractivity contribution in [1.29, 1.82) is 0 Å². The third-order valence-electron chi connectivity index (χ3n) is 1.74. The average molecular weight is 191 g/mol. The van der Waals surface area contributed by atoms with Crippen LogP contribution in [0.25, 0.3) is 0 Å². The van der Waals surface area contributed by atoms with Crippen LogP contribution in [0.3, 0.4) is 0 Å². The lowest BCUT2D eigenvalue weighted by Crippen LogP contribution is -2.29. The van der Waals surface area contributed by atoms with Crippen LogP contribution in [0.4, 0.5) is 0 Å². The smallest absolute Gasteiger partial charge is 0.0742 e. The molecule has 66 valence electrons. The Bertz CT molecular complexity index is 159. The summed E-state index contributed by atoms with van der Waals surface area (Å²) >= 11 is 6.10. The van der Waals surface area contributed by atoms with E-state index in [0.717, 1.165) is 0 Å². The summed E-state index contributed by atoms with van der Waals surface area (Å²) < 4.78 is 0. The molecule has 0 aliphatic carbocycles. The van der Waals surface area contributed by atoms with Crippen molar-refractivity contribution in [1.82, 2.24) is 0 Å². The molecule has 0 saturated heterocycles. The van der Waals surface area contributed by atoms with Gasteiger partial charge in [-0.1, -0.05) is 30.4 Å². The standard InChI is InChI=1S/C9H19ClSi/c1-7(2)9(8(3)10)11(4,5)6/h8H,1-6H3.